The first-order chi connectivity index (χ1) is 10.1. The van der Waals surface area contributed by atoms with Crippen molar-refractivity contribution >= 4 is 12.0 Å². The van der Waals surface area contributed by atoms with E-state index in [-0.39, 0.29) is 0 Å². The predicted octanol–water partition coefficient (Wildman–Crippen LogP) is 4.04. The summed E-state index contributed by atoms with van der Waals surface area (Å²) in [5, 5.41) is 8.78. The van der Waals surface area contributed by atoms with Gasteiger partial charge < -0.3 is 5.11 Å². The first kappa shape index (κ1) is 17.4. The molecular weight excluding hydrogens is 262 g/mol. The van der Waals surface area contributed by atoms with Gasteiger partial charge in [0.25, 0.3) is 0 Å². The summed E-state index contributed by atoms with van der Waals surface area (Å²) in [7, 11) is 0. The molecular formula is C18H27NO2. The van der Waals surface area contributed by atoms with Crippen LogP contribution >= 0.6 is 0 Å². The lowest BCUT2D eigenvalue weighted by atomic mass is 10.0. The van der Waals surface area contributed by atoms with Gasteiger partial charge in [0, 0.05) is 19.2 Å². The molecule has 0 aromatic heterocycles. The first-order valence-corrected chi connectivity index (χ1v) is 7.81. The number of rotatable bonds is 9. The molecule has 1 aromatic rings. The number of carboxylic acid groups (broad SMARTS) is 1. The molecule has 0 atom stereocenters. The number of hydrogen-bond donors (Lipinski definition) is 1. The summed E-state index contributed by atoms with van der Waals surface area (Å²) in [4.78, 5) is 13.1. The number of carbonyl (C=O) groups is 1. The maximum atomic E-state index is 10.7. The summed E-state index contributed by atoms with van der Waals surface area (Å²) >= 11 is 0. The summed E-state index contributed by atoms with van der Waals surface area (Å²) in [5.74, 6) is -0.180. The average Bonchev–Trinajstić information content (AvgIpc) is 2.50. The van der Waals surface area contributed by atoms with Gasteiger partial charge in [0.2, 0.25) is 0 Å². The van der Waals surface area contributed by atoms with Crippen LogP contribution in [0.1, 0.15) is 44.7 Å². The molecule has 0 aliphatic rings. The second-order valence-corrected chi connectivity index (χ2v) is 5.38. The zero-order valence-electron chi connectivity index (χ0n) is 13.4. The van der Waals surface area contributed by atoms with Crippen LogP contribution in [0.2, 0.25) is 0 Å². The van der Waals surface area contributed by atoms with Crippen LogP contribution < -0.4 is 0 Å². The van der Waals surface area contributed by atoms with Crippen molar-refractivity contribution in [2.75, 3.05) is 13.1 Å². The molecule has 1 N–H and O–H groups in total. The van der Waals surface area contributed by atoms with Crippen molar-refractivity contribution in [2.45, 2.75) is 40.2 Å². The van der Waals surface area contributed by atoms with Gasteiger partial charge in [-0.05, 0) is 29.7 Å². The van der Waals surface area contributed by atoms with Gasteiger partial charge in [0.1, 0.15) is 0 Å². The van der Waals surface area contributed by atoms with Gasteiger partial charge in [0.05, 0.1) is 0 Å². The number of nitrogens with zero attached hydrogens (tertiary/aromatic N) is 1. The SMILES string of the molecule is CCC(CC)CN(CC)Cc1ccccc1C=CC(=O)O. The van der Waals surface area contributed by atoms with Crippen LogP contribution in [0.4, 0.5) is 0 Å². The molecule has 0 radical (unpaired) electrons. The lowest BCUT2D eigenvalue weighted by molar-refractivity contribution is -0.131. The predicted molar refractivity (Wildman–Crippen MR) is 88.1 cm³/mol. The highest BCUT2D eigenvalue weighted by Gasteiger charge is 2.11. The number of aliphatic carboxylic acids is 1. The van der Waals surface area contributed by atoms with Crippen LogP contribution in [-0.2, 0) is 11.3 Å². The Kier molecular flexibility index (Phi) is 7.76. The Morgan fingerprint density at radius 1 is 1.24 bits per heavy atom. The molecule has 1 rings (SSSR count). The van der Waals surface area contributed by atoms with E-state index in [4.69, 9.17) is 5.11 Å². The number of hydrogen-bond acceptors (Lipinski definition) is 2. The smallest absolute Gasteiger partial charge is 0.328 e. The second-order valence-electron chi connectivity index (χ2n) is 5.38. The molecule has 116 valence electrons. The van der Waals surface area contributed by atoms with E-state index in [1.807, 2.05) is 18.2 Å². The highest BCUT2D eigenvalue weighted by molar-refractivity contribution is 5.85. The zero-order chi connectivity index (χ0) is 15.7. The third kappa shape index (κ3) is 6.13. The summed E-state index contributed by atoms with van der Waals surface area (Å²) < 4.78 is 0. The first-order valence-electron chi connectivity index (χ1n) is 7.81. The van der Waals surface area contributed by atoms with Gasteiger partial charge in [-0.25, -0.2) is 4.79 Å². The topological polar surface area (TPSA) is 40.5 Å². The number of carboxylic acids is 1. The van der Waals surface area contributed by atoms with Crippen molar-refractivity contribution in [3.63, 3.8) is 0 Å². The number of benzene rings is 1. The lowest BCUT2D eigenvalue weighted by Crippen LogP contribution is -2.29. The molecule has 0 aliphatic heterocycles. The van der Waals surface area contributed by atoms with Gasteiger partial charge in [0.15, 0.2) is 0 Å². The minimum atomic E-state index is -0.908. The Morgan fingerprint density at radius 2 is 1.90 bits per heavy atom. The van der Waals surface area contributed by atoms with E-state index < -0.39 is 5.97 Å². The Hall–Kier alpha value is -1.61. The van der Waals surface area contributed by atoms with Crippen LogP contribution in [0.3, 0.4) is 0 Å². The minimum absolute atomic E-state index is 0.728. The summed E-state index contributed by atoms with van der Waals surface area (Å²) in [5.41, 5.74) is 2.17. The van der Waals surface area contributed by atoms with Crippen molar-refractivity contribution < 1.29 is 9.90 Å². The van der Waals surface area contributed by atoms with Crippen molar-refractivity contribution in [1.82, 2.24) is 4.90 Å². The standard InChI is InChI=1S/C18H27NO2/c1-4-15(5-2)13-19(6-3)14-17-10-8-7-9-16(17)11-12-18(20)21/h7-12,15H,4-6,13-14H2,1-3H3,(H,20,21). The van der Waals surface area contributed by atoms with Gasteiger partial charge in [-0.1, -0.05) is 57.9 Å². The van der Waals surface area contributed by atoms with Crippen molar-refractivity contribution in [2.24, 2.45) is 5.92 Å². The van der Waals surface area contributed by atoms with Gasteiger partial charge in [-0.15, -0.1) is 0 Å². The molecule has 0 saturated carbocycles. The Bertz CT molecular complexity index is 464. The van der Waals surface area contributed by atoms with Gasteiger partial charge in [-0.2, -0.15) is 0 Å². The molecule has 0 heterocycles. The van der Waals surface area contributed by atoms with Crippen LogP contribution in [0, 0.1) is 5.92 Å². The molecule has 3 heteroatoms. The van der Waals surface area contributed by atoms with Crippen LogP contribution in [0.25, 0.3) is 6.08 Å². The normalized spacial score (nSPS) is 11.7. The third-order valence-electron chi connectivity index (χ3n) is 3.97. The zero-order valence-corrected chi connectivity index (χ0v) is 13.4. The van der Waals surface area contributed by atoms with Crippen LogP contribution in [-0.4, -0.2) is 29.1 Å². The van der Waals surface area contributed by atoms with Crippen molar-refractivity contribution in [3.05, 3.63) is 41.5 Å². The molecule has 0 fully saturated rings. The van der Waals surface area contributed by atoms with E-state index in [1.165, 1.54) is 24.5 Å². The molecule has 0 saturated heterocycles. The van der Waals surface area contributed by atoms with E-state index in [1.54, 1.807) is 6.08 Å². The van der Waals surface area contributed by atoms with E-state index >= 15 is 0 Å². The summed E-state index contributed by atoms with van der Waals surface area (Å²) in [6.45, 7) is 9.64. The highest BCUT2D eigenvalue weighted by Crippen LogP contribution is 2.16. The van der Waals surface area contributed by atoms with E-state index in [2.05, 4.69) is 31.7 Å². The molecule has 0 bridgehead atoms. The Balaban J connectivity index is 2.82. The third-order valence-corrected chi connectivity index (χ3v) is 3.97. The fourth-order valence-electron chi connectivity index (χ4n) is 2.46. The van der Waals surface area contributed by atoms with E-state index in [0.29, 0.717) is 0 Å². The Labute approximate surface area is 128 Å². The maximum absolute atomic E-state index is 10.7. The fraction of sp³-hybridized carbons (Fsp3) is 0.500. The largest absolute Gasteiger partial charge is 0.478 e. The molecule has 1 aromatic carbocycles. The molecule has 0 unspecified atom stereocenters. The summed E-state index contributed by atoms with van der Waals surface area (Å²) in [6.07, 6.45) is 5.29. The minimum Gasteiger partial charge on any atom is -0.478 e. The Morgan fingerprint density at radius 3 is 2.48 bits per heavy atom. The summed E-state index contributed by atoms with van der Waals surface area (Å²) in [6, 6.07) is 8.01. The molecule has 3 nitrogen and oxygen atoms in total. The monoisotopic (exact) mass is 289 g/mol. The van der Waals surface area contributed by atoms with E-state index in [0.717, 1.165) is 31.1 Å². The van der Waals surface area contributed by atoms with Crippen LogP contribution in [0.15, 0.2) is 30.3 Å². The quantitative estimate of drug-likeness (QED) is 0.697. The van der Waals surface area contributed by atoms with Crippen LogP contribution in [0.5, 0.6) is 0 Å². The van der Waals surface area contributed by atoms with E-state index in [9.17, 15) is 4.79 Å². The average molecular weight is 289 g/mol. The fourth-order valence-corrected chi connectivity index (χ4v) is 2.46. The van der Waals surface area contributed by atoms with Crippen molar-refractivity contribution in [3.8, 4) is 0 Å². The maximum Gasteiger partial charge on any atom is 0.328 e. The van der Waals surface area contributed by atoms with Gasteiger partial charge >= 0.3 is 5.97 Å². The molecule has 0 aliphatic carbocycles. The molecule has 0 amide bonds. The molecule has 0 spiro atoms. The second kappa shape index (κ2) is 9.35. The molecule has 21 heavy (non-hydrogen) atoms. The highest BCUT2D eigenvalue weighted by atomic mass is 16.4. The van der Waals surface area contributed by atoms with Crippen molar-refractivity contribution in [1.29, 1.82) is 0 Å². The lowest BCUT2D eigenvalue weighted by Gasteiger charge is -2.26. The van der Waals surface area contributed by atoms with Gasteiger partial charge in [-0.3, -0.25) is 4.90 Å².